The first-order valence-electron chi connectivity index (χ1n) is 9.95. The predicted octanol–water partition coefficient (Wildman–Crippen LogP) is 4.04. The van der Waals surface area contributed by atoms with Crippen LogP contribution < -0.4 is 0 Å². The van der Waals surface area contributed by atoms with Gasteiger partial charge in [-0.25, -0.2) is 0 Å². The van der Waals surface area contributed by atoms with E-state index in [4.69, 9.17) is 4.74 Å². The van der Waals surface area contributed by atoms with Crippen molar-refractivity contribution in [3.8, 4) is 0 Å². The van der Waals surface area contributed by atoms with E-state index in [1.807, 2.05) is 0 Å². The topological polar surface area (TPSA) is 43.4 Å². The number of ketones is 2. The minimum Gasteiger partial charge on any atom is -0.384 e. The molecule has 3 nitrogen and oxygen atoms in total. The molecule has 0 spiro atoms. The first-order chi connectivity index (χ1) is 11.4. The molecule has 0 N–H and O–H groups in total. The van der Waals surface area contributed by atoms with Crippen molar-refractivity contribution in [3.63, 3.8) is 0 Å². The third kappa shape index (κ3) is 2.19. The fraction of sp³-hybridized carbons (Fsp3) is 0.905. The van der Waals surface area contributed by atoms with Crippen LogP contribution in [0.1, 0.15) is 65.2 Å². The molecule has 2 unspecified atom stereocenters. The van der Waals surface area contributed by atoms with E-state index in [-0.39, 0.29) is 16.7 Å². The van der Waals surface area contributed by atoms with Crippen molar-refractivity contribution in [2.45, 2.75) is 65.2 Å². The Morgan fingerprint density at radius 3 is 2.62 bits per heavy atom. The molecular formula is C21H32O3. The Kier molecular flexibility index (Phi) is 3.95. The van der Waals surface area contributed by atoms with Crippen molar-refractivity contribution in [1.82, 2.24) is 0 Å². The molecule has 134 valence electrons. The largest absolute Gasteiger partial charge is 0.384 e. The van der Waals surface area contributed by atoms with Crippen LogP contribution in [0.15, 0.2) is 0 Å². The van der Waals surface area contributed by atoms with Crippen molar-refractivity contribution < 1.29 is 14.3 Å². The van der Waals surface area contributed by atoms with E-state index in [1.165, 1.54) is 19.3 Å². The zero-order valence-electron chi connectivity index (χ0n) is 15.5. The maximum atomic E-state index is 12.5. The minimum absolute atomic E-state index is 0.0409. The van der Waals surface area contributed by atoms with Gasteiger partial charge in [0.15, 0.2) is 0 Å². The Balaban J connectivity index is 1.62. The highest BCUT2D eigenvalue weighted by atomic mass is 16.5. The second-order valence-corrected chi connectivity index (χ2v) is 9.60. The smallest absolute Gasteiger partial charge is 0.139 e. The van der Waals surface area contributed by atoms with E-state index in [0.29, 0.717) is 41.8 Å². The van der Waals surface area contributed by atoms with Gasteiger partial charge in [0, 0.05) is 31.3 Å². The van der Waals surface area contributed by atoms with Crippen molar-refractivity contribution in [3.05, 3.63) is 0 Å². The van der Waals surface area contributed by atoms with Crippen LogP contribution >= 0.6 is 0 Å². The number of carbonyl (C=O) groups is 2. The van der Waals surface area contributed by atoms with Gasteiger partial charge >= 0.3 is 0 Å². The van der Waals surface area contributed by atoms with Gasteiger partial charge in [-0.1, -0.05) is 13.8 Å². The van der Waals surface area contributed by atoms with Gasteiger partial charge in [0.05, 0.1) is 6.61 Å². The average Bonchev–Trinajstić information content (AvgIpc) is 2.85. The number of hydrogen-bond donors (Lipinski definition) is 0. The second-order valence-electron chi connectivity index (χ2n) is 9.60. The molecule has 4 aliphatic rings. The first-order valence-corrected chi connectivity index (χ1v) is 9.95. The fourth-order valence-electron chi connectivity index (χ4n) is 7.37. The highest BCUT2D eigenvalue weighted by Crippen LogP contribution is 2.65. The number of methoxy groups -OCH3 is 1. The summed E-state index contributed by atoms with van der Waals surface area (Å²) < 4.78 is 5.35. The Labute approximate surface area is 145 Å². The lowest BCUT2D eigenvalue weighted by Gasteiger charge is -2.60. The molecule has 0 saturated heterocycles. The Hall–Kier alpha value is -0.700. The monoisotopic (exact) mass is 332 g/mol. The molecule has 4 fully saturated rings. The Morgan fingerprint density at radius 2 is 1.88 bits per heavy atom. The molecule has 24 heavy (non-hydrogen) atoms. The summed E-state index contributed by atoms with van der Waals surface area (Å²) in [6.45, 7) is 5.29. The molecule has 4 aliphatic carbocycles. The number of carbonyl (C=O) groups excluding carboxylic acids is 2. The molecule has 4 saturated carbocycles. The molecule has 0 bridgehead atoms. The Bertz CT molecular complexity index is 555. The van der Waals surface area contributed by atoms with Crippen LogP contribution in [0.5, 0.6) is 0 Å². The van der Waals surface area contributed by atoms with Crippen molar-refractivity contribution >= 4 is 11.6 Å². The highest BCUT2D eigenvalue weighted by Gasteiger charge is 2.61. The summed E-state index contributed by atoms with van der Waals surface area (Å²) in [5.41, 5.74) is 0.230. The summed E-state index contributed by atoms with van der Waals surface area (Å²) in [5, 5.41) is 0. The number of Topliss-reactive ketones (excluding diaryl/α,β-unsaturated/α-hetero) is 2. The molecule has 4 rings (SSSR count). The van der Waals surface area contributed by atoms with Crippen LogP contribution in [0, 0.1) is 40.4 Å². The SMILES string of the molecule is COCC1C[C@@]2(C)C(CC[C@@H]3[C@@H]2CC[C@]2(C)C(=O)CC[C@@H]32)CC1=O. The lowest BCUT2D eigenvalue weighted by Crippen LogP contribution is -2.55. The molecule has 0 aromatic carbocycles. The molecule has 7 atom stereocenters. The molecule has 0 aliphatic heterocycles. The summed E-state index contributed by atoms with van der Waals surface area (Å²) in [6, 6.07) is 0. The zero-order chi connectivity index (χ0) is 17.1. The average molecular weight is 332 g/mol. The summed E-state index contributed by atoms with van der Waals surface area (Å²) in [6.07, 6.45) is 8.35. The van der Waals surface area contributed by atoms with Crippen molar-refractivity contribution in [2.75, 3.05) is 13.7 Å². The number of ether oxygens (including phenoxy) is 1. The summed E-state index contributed by atoms with van der Waals surface area (Å²) in [7, 11) is 1.71. The van der Waals surface area contributed by atoms with Gasteiger partial charge in [0.1, 0.15) is 11.6 Å². The first kappa shape index (κ1) is 16.8. The summed E-state index contributed by atoms with van der Waals surface area (Å²) in [5.74, 6) is 3.60. The number of hydrogen-bond acceptors (Lipinski definition) is 3. The number of fused-ring (bicyclic) bond motifs is 5. The summed E-state index contributed by atoms with van der Waals surface area (Å²) in [4.78, 5) is 25.0. The Morgan fingerprint density at radius 1 is 1.08 bits per heavy atom. The summed E-state index contributed by atoms with van der Waals surface area (Å²) >= 11 is 0. The van der Waals surface area contributed by atoms with Crippen molar-refractivity contribution in [2.24, 2.45) is 40.4 Å². The lowest BCUT2D eigenvalue weighted by atomic mass is 9.44. The normalized spacial score (nSPS) is 51.0. The minimum atomic E-state index is -0.0409. The van der Waals surface area contributed by atoms with Crippen LogP contribution in [0.25, 0.3) is 0 Å². The van der Waals surface area contributed by atoms with Gasteiger partial charge in [0.2, 0.25) is 0 Å². The number of rotatable bonds is 2. The van der Waals surface area contributed by atoms with Gasteiger partial charge in [-0.05, 0) is 67.6 Å². The van der Waals surface area contributed by atoms with Crippen LogP contribution in [0.3, 0.4) is 0 Å². The highest BCUT2D eigenvalue weighted by molar-refractivity contribution is 5.87. The van der Waals surface area contributed by atoms with Crippen LogP contribution in [0.4, 0.5) is 0 Å². The van der Waals surface area contributed by atoms with Crippen LogP contribution in [0.2, 0.25) is 0 Å². The molecule has 3 heteroatoms. The van der Waals surface area contributed by atoms with Gasteiger partial charge < -0.3 is 4.74 Å². The maximum absolute atomic E-state index is 12.5. The fourth-order valence-corrected chi connectivity index (χ4v) is 7.37. The molecule has 0 aromatic rings. The van der Waals surface area contributed by atoms with E-state index in [9.17, 15) is 9.59 Å². The third-order valence-electron chi connectivity index (χ3n) is 8.73. The molecule has 0 aromatic heterocycles. The lowest BCUT2D eigenvalue weighted by molar-refractivity contribution is -0.152. The predicted molar refractivity (Wildman–Crippen MR) is 92.5 cm³/mol. The van der Waals surface area contributed by atoms with Gasteiger partial charge in [-0.2, -0.15) is 0 Å². The van der Waals surface area contributed by atoms with Gasteiger partial charge in [-0.15, -0.1) is 0 Å². The quantitative estimate of drug-likeness (QED) is 0.766. The van der Waals surface area contributed by atoms with E-state index < -0.39 is 0 Å². The van der Waals surface area contributed by atoms with E-state index in [0.717, 1.165) is 32.1 Å². The van der Waals surface area contributed by atoms with Crippen LogP contribution in [-0.4, -0.2) is 25.3 Å². The standard InChI is InChI=1S/C21H32O3/c1-20-9-8-17-15(16(20)6-7-19(20)23)5-4-14-10-18(22)13(12-24-3)11-21(14,17)2/h13-17H,4-12H2,1-3H3/t13?,14?,15-,16-,17-,20-,21-/m0/s1. The van der Waals surface area contributed by atoms with Gasteiger partial charge in [-0.3, -0.25) is 9.59 Å². The molecule has 0 heterocycles. The van der Waals surface area contributed by atoms with E-state index in [2.05, 4.69) is 13.8 Å². The zero-order valence-corrected chi connectivity index (χ0v) is 15.5. The third-order valence-corrected chi connectivity index (χ3v) is 8.73. The van der Waals surface area contributed by atoms with Crippen molar-refractivity contribution in [1.29, 1.82) is 0 Å². The van der Waals surface area contributed by atoms with Gasteiger partial charge in [0.25, 0.3) is 0 Å². The van der Waals surface area contributed by atoms with E-state index >= 15 is 0 Å². The van der Waals surface area contributed by atoms with Crippen LogP contribution in [-0.2, 0) is 14.3 Å². The second kappa shape index (κ2) is 5.65. The molecule has 0 amide bonds. The maximum Gasteiger partial charge on any atom is 0.139 e. The molecular weight excluding hydrogens is 300 g/mol. The van der Waals surface area contributed by atoms with E-state index in [1.54, 1.807) is 7.11 Å². The molecule has 0 radical (unpaired) electrons.